The molecule has 152 valence electrons. The first-order valence-electron chi connectivity index (χ1n) is 8.81. The van der Waals surface area contributed by atoms with Gasteiger partial charge in [-0.2, -0.15) is 0 Å². The van der Waals surface area contributed by atoms with E-state index in [1.165, 1.54) is 0 Å². The Morgan fingerprint density at radius 3 is 2.44 bits per heavy atom. The monoisotopic (exact) mass is 421 g/mol. The van der Waals surface area contributed by atoms with Crippen molar-refractivity contribution in [3.63, 3.8) is 0 Å². The minimum atomic E-state index is -1.28. The van der Waals surface area contributed by atoms with Gasteiger partial charge in [0.2, 0.25) is 0 Å². The average Bonchev–Trinajstić information content (AvgIpc) is 3.02. The van der Waals surface area contributed by atoms with E-state index in [0.717, 1.165) is 0 Å². The predicted molar refractivity (Wildman–Crippen MR) is 103 cm³/mol. The van der Waals surface area contributed by atoms with Gasteiger partial charge in [-0.1, -0.05) is 23.2 Å². The molecule has 1 aromatic carbocycles. The van der Waals surface area contributed by atoms with E-state index in [9.17, 15) is 20.4 Å². The van der Waals surface area contributed by atoms with Gasteiger partial charge >= 0.3 is 0 Å². The predicted octanol–water partition coefficient (Wildman–Crippen LogP) is 0.698. The van der Waals surface area contributed by atoms with Crippen LogP contribution >= 0.6 is 23.2 Å². The first kappa shape index (κ1) is 20.9. The summed E-state index contributed by atoms with van der Waals surface area (Å²) in [5.41, 5.74) is 1.24. The van der Waals surface area contributed by atoms with Crippen LogP contribution < -0.4 is 15.5 Å². The van der Waals surface area contributed by atoms with Crippen molar-refractivity contribution in [3.8, 4) is 0 Å². The van der Waals surface area contributed by atoms with Crippen LogP contribution in [0.5, 0.6) is 0 Å². The number of hydrogen-bond donors (Lipinski definition) is 6. The van der Waals surface area contributed by atoms with Crippen molar-refractivity contribution < 1.29 is 25.2 Å². The van der Waals surface area contributed by atoms with E-state index in [0.29, 0.717) is 21.4 Å². The Bertz CT molecular complexity index is 695. The molecular formula is C17H25Cl2N3O5. The fraction of sp³-hybridized carbons (Fsp3) is 0.647. The molecule has 2 aliphatic rings. The summed E-state index contributed by atoms with van der Waals surface area (Å²) in [4.78, 5) is 1.71. The van der Waals surface area contributed by atoms with Crippen molar-refractivity contribution in [1.29, 1.82) is 0 Å². The summed E-state index contributed by atoms with van der Waals surface area (Å²) in [5.74, 6) is -1.02. The van der Waals surface area contributed by atoms with Gasteiger partial charge in [-0.15, -0.1) is 0 Å². The molecule has 0 radical (unpaired) electrons. The maximum absolute atomic E-state index is 10.6. The van der Waals surface area contributed by atoms with E-state index in [1.54, 1.807) is 17.0 Å². The Labute approximate surface area is 167 Å². The molecule has 0 amide bonds. The molecule has 27 heavy (non-hydrogen) atoms. The van der Waals surface area contributed by atoms with Crippen LogP contribution in [0.1, 0.15) is 20.3 Å². The van der Waals surface area contributed by atoms with Crippen molar-refractivity contribution in [2.75, 3.05) is 23.4 Å². The Morgan fingerprint density at radius 1 is 1.22 bits per heavy atom. The van der Waals surface area contributed by atoms with Crippen LogP contribution in [-0.2, 0) is 4.74 Å². The van der Waals surface area contributed by atoms with E-state index in [4.69, 9.17) is 27.9 Å². The van der Waals surface area contributed by atoms with Crippen LogP contribution in [0.3, 0.4) is 0 Å². The van der Waals surface area contributed by atoms with Gasteiger partial charge in [-0.3, -0.25) is 5.32 Å². The quantitative estimate of drug-likeness (QED) is 0.397. The van der Waals surface area contributed by atoms with E-state index in [2.05, 4.69) is 10.6 Å². The summed E-state index contributed by atoms with van der Waals surface area (Å²) in [5, 5.41) is 47.3. The number of nitrogens with one attached hydrogen (secondary N) is 2. The summed E-state index contributed by atoms with van der Waals surface area (Å²) in [7, 11) is 0. The van der Waals surface area contributed by atoms with Crippen molar-refractivity contribution in [1.82, 2.24) is 5.32 Å². The maximum atomic E-state index is 10.6. The topological polar surface area (TPSA) is 117 Å². The van der Waals surface area contributed by atoms with E-state index in [1.807, 2.05) is 13.8 Å². The largest absolute Gasteiger partial charge is 0.396 e. The lowest BCUT2D eigenvalue weighted by Crippen LogP contribution is -2.67. The molecule has 0 aliphatic carbocycles. The fourth-order valence-electron chi connectivity index (χ4n) is 3.77. The zero-order valence-corrected chi connectivity index (χ0v) is 16.6. The lowest BCUT2D eigenvalue weighted by Gasteiger charge is -2.45. The van der Waals surface area contributed by atoms with Crippen molar-refractivity contribution in [2.24, 2.45) is 0 Å². The normalized spacial score (nSPS) is 32.9. The van der Waals surface area contributed by atoms with E-state index < -0.39 is 36.9 Å². The minimum Gasteiger partial charge on any atom is -0.396 e. The second kappa shape index (κ2) is 7.88. The third-order valence-corrected chi connectivity index (χ3v) is 5.55. The third kappa shape index (κ3) is 3.61. The van der Waals surface area contributed by atoms with Gasteiger partial charge in [0, 0.05) is 19.1 Å². The van der Waals surface area contributed by atoms with Gasteiger partial charge in [-0.05, 0) is 26.0 Å². The smallest absolute Gasteiger partial charge is 0.171 e. The molecular weight excluding hydrogens is 397 g/mol. The van der Waals surface area contributed by atoms with Crippen LogP contribution in [0, 0.1) is 0 Å². The second-order valence-corrected chi connectivity index (χ2v) is 7.95. The number of anilines is 2. The SMILES string of the molecule is CC(C)NC1(CCO)Nc2cc(Cl)c(Cl)cc2N1[C@H]1O[C@@H](CO)[C@H](O)[C@@H]1O. The second-order valence-electron chi connectivity index (χ2n) is 7.14. The molecule has 1 aromatic rings. The highest BCUT2D eigenvalue weighted by Gasteiger charge is 2.54. The Balaban J connectivity index is 2.11. The number of ether oxygens (including phenoxy) is 1. The van der Waals surface area contributed by atoms with Gasteiger partial charge in [0.05, 0.1) is 28.0 Å². The molecule has 5 atom stereocenters. The highest BCUT2D eigenvalue weighted by atomic mass is 35.5. The van der Waals surface area contributed by atoms with Crippen LogP contribution in [0.4, 0.5) is 11.4 Å². The highest BCUT2D eigenvalue weighted by Crippen LogP contribution is 2.47. The molecule has 1 saturated heterocycles. The maximum Gasteiger partial charge on any atom is 0.171 e. The molecule has 10 heteroatoms. The minimum absolute atomic E-state index is 0.00362. The highest BCUT2D eigenvalue weighted by molar-refractivity contribution is 6.42. The zero-order valence-electron chi connectivity index (χ0n) is 15.1. The Hall–Kier alpha value is -0.840. The van der Waals surface area contributed by atoms with Gasteiger partial charge in [0.15, 0.2) is 12.0 Å². The molecule has 2 aliphatic heterocycles. The number of halogens is 2. The van der Waals surface area contributed by atoms with E-state index >= 15 is 0 Å². The summed E-state index contributed by atoms with van der Waals surface area (Å²) in [6.45, 7) is 3.29. The van der Waals surface area contributed by atoms with Crippen LogP contribution in [0.2, 0.25) is 10.0 Å². The molecule has 3 rings (SSSR count). The third-order valence-electron chi connectivity index (χ3n) is 4.82. The standard InChI is InChI=1S/C17H25Cl2N3O5/c1-8(2)20-17(3-4-23)21-11-5-9(18)10(19)6-12(11)22(17)16-15(26)14(25)13(7-24)27-16/h5-6,8,13-16,20-21,23-26H,3-4,7H2,1-2H3/t13-,14-,15-,16-,17?/m0/s1. The van der Waals surface area contributed by atoms with Crippen LogP contribution in [0.25, 0.3) is 0 Å². The molecule has 0 bridgehead atoms. The number of aliphatic hydroxyl groups is 4. The summed E-state index contributed by atoms with van der Waals surface area (Å²) in [6, 6.07) is 3.31. The first-order chi connectivity index (χ1) is 12.7. The van der Waals surface area contributed by atoms with E-state index in [-0.39, 0.29) is 19.1 Å². The number of rotatable bonds is 6. The lowest BCUT2D eigenvalue weighted by molar-refractivity contribution is -0.0304. The van der Waals surface area contributed by atoms with Crippen LogP contribution in [0.15, 0.2) is 12.1 Å². The molecule has 2 heterocycles. The van der Waals surface area contributed by atoms with Crippen molar-refractivity contribution in [3.05, 3.63) is 22.2 Å². The number of hydrogen-bond acceptors (Lipinski definition) is 8. The number of aliphatic hydroxyl groups excluding tert-OH is 4. The van der Waals surface area contributed by atoms with Gasteiger partial charge in [-0.25, -0.2) is 0 Å². The van der Waals surface area contributed by atoms with Crippen molar-refractivity contribution >= 4 is 34.6 Å². The summed E-state index contributed by atoms with van der Waals surface area (Å²) in [6.07, 6.45) is -4.21. The fourth-order valence-corrected chi connectivity index (χ4v) is 4.09. The average molecular weight is 422 g/mol. The lowest BCUT2D eigenvalue weighted by atomic mass is 10.1. The molecule has 1 unspecified atom stereocenters. The van der Waals surface area contributed by atoms with Crippen LogP contribution in [-0.4, -0.2) is 70.0 Å². The number of benzene rings is 1. The first-order valence-corrected chi connectivity index (χ1v) is 9.57. The van der Waals surface area contributed by atoms with Gasteiger partial charge < -0.3 is 35.4 Å². The molecule has 6 N–H and O–H groups in total. The van der Waals surface area contributed by atoms with Crippen molar-refractivity contribution in [2.45, 2.75) is 56.6 Å². The summed E-state index contributed by atoms with van der Waals surface area (Å²) >= 11 is 12.4. The Kier molecular flexibility index (Phi) is 6.10. The molecule has 8 nitrogen and oxygen atoms in total. The molecule has 0 aromatic heterocycles. The Morgan fingerprint density at radius 2 is 1.89 bits per heavy atom. The number of nitrogens with zero attached hydrogens (tertiary/aromatic N) is 1. The number of fused-ring (bicyclic) bond motifs is 1. The van der Waals surface area contributed by atoms with Gasteiger partial charge in [0.1, 0.15) is 18.3 Å². The summed E-state index contributed by atoms with van der Waals surface area (Å²) < 4.78 is 5.77. The molecule has 1 fully saturated rings. The van der Waals surface area contributed by atoms with Gasteiger partial charge in [0.25, 0.3) is 0 Å². The zero-order chi connectivity index (χ0) is 19.9. The molecule has 0 saturated carbocycles. The molecule has 0 spiro atoms.